The first-order valence-corrected chi connectivity index (χ1v) is 3.20. The highest BCUT2D eigenvalue weighted by molar-refractivity contribution is 5.48. The topological polar surface area (TPSA) is 40.5 Å². The van der Waals surface area contributed by atoms with Crippen molar-refractivity contribution in [3.8, 4) is 0 Å². The van der Waals surface area contributed by atoms with Crippen molar-refractivity contribution >= 4 is 6.41 Å². The smallest absolute Gasteiger partial charge is 0.210 e. The Bertz CT molecular complexity index is 105. The Hall–Kier alpha value is -0.570. The lowest BCUT2D eigenvalue weighted by molar-refractivity contribution is -0.119. The fraction of sp³-hybridized carbons (Fsp3) is 0.833. The molecule has 0 radical (unpaired) electrons. The Morgan fingerprint density at radius 3 is 3.00 bits per heavy atom. The average molecular weight is 129 g/mol. The molecule has 1 saturated heterocycles. The van der Waals surface area contributed by atoms with Gasteiger partial charge in [0.1, 0.15) is 0 Å². The van der Waals surface area contributed by atoms with Gasteiger partial charge in [0.25, 0.3) is 0 Å². The van der Waals surface area contributed by atoms with Crippen molar-refractivity contribution in [1.82, 2.24) is 4.90 Å². The number of likely N-dealkylation sites (tertiary alicyclic amines) is 1. The van der Waals surface area contributed by atoms with Gasteiger partial charge in [0.15, 0.2) is 0 Å². The molecule has 1 aliphatic rings. The zero-order valence-corrected chi connectivity index (χ0v) is 5.29. The minimum absolute atomic E-state index is 0.0995. The van der Waals surface area contributed by atoms with Crippen LogP contribution in [0.1, 0.15) is 12.8 Å². The number of hydrogen-bond acceptors (Lipinski definition) is 2. The van der Waals surface area contributed by atoms with Crippen molar-refractivity contribution in [2.45, 2.75) is 18.9 Å². The van der Waals surface area contributed by atoms with Gasteiger partial charge in [0, 0.05) is 6.54 Å². The molecule has 1 aliphatic heterocycles. The lowest BCUT2D eigenvalue weighted by atomic mass is 10.2. The molecule has 0 aromatic carbocycles. The van der Waals surface area contributed by atoms with E-state index in [0.29, 0.717) is 0 Å². The van der Waals surface area contributed by atoms with Crippen LogP contribution in [0.15, 0.2) is 0 Å². The highest BCUT2D eigenvalue weighted by atomic mass is 16.3. The van der Waals surface area contributed by atoms with Gasteiger partial charge in [-0.15, -0.1) is 0 Å². The molecule has 52 valence electrons. The molecule has 1 heterocycles. The highest BCUT2D eigenvalue weighted by Gasteiger charge is 2.21. The lowest BCUT2D eigenvalue weighted by Crippen LogP contribution is -2.30. The van der Waals surface area contributed by atoms with Gasteiger partial charge in [-0.2, -0.15) is 0 Å². The average Bonchev–Trinajstić information content (AvgIpc) is 2.33. The maximum absolute atomic E-state index is 10.2. The molecule has 0 bridgehead atoms. The number of aliphatic hydroxyl groups excluding tert-OH is 1. The van der Waals surface area contributed by atoms with Crippen LogP contribution in [0.2, 0.25) is 0 Å². The standard InChI is InChI=1S/C6H11NO2/c8-4-6-2-1-3-7(6)5-9/h5-6,8H,1-4H2/t6-/m1/s1. The van der Waals surface area contributed by atoms with E-state index in [2.05, 4.69) is 0 Å². The Kier molecular flexibility index (Phi) is 2.05. The fourth-order valence-corrected chi connectivity index (χ4v) is 1.19. The monoisotopic (exact) mass is 129 g/mol. The van der Waals surface area contributed by atoms with E-state index >= 15 is 0 Å². The molecule has 0 unspecified atom stereocenters. The minimum Gasteiger partial charge on any atom is -0.394 e. The highest BCUT2D eigenvalue weighted by Crippen LogP contribution is 2.13. The number of nitrogens with zero attached hydrogens (tertiary/aromatic N) is 1. The summed E-state index contributed by atoms with van der Waals surface area (Å²) in [7, 11) is 0. The molecular weight excluding hydrogens is 118 g/mol. The molecule has 9 heavy (non-hydrogen) atoms. The van der Waals surface area contributed by atoms with Crippen molar-refractivity contribution in [3.05, 3.63) is 0 Å². The number of rotatable bonds is 2. The summed E-state index contributed by atoms with van der Waals surface area (Å²) in [5, 5.41) is 8.67. The molecule has 3 heteroatoms. The van der Waals surface area contributed by atoms with E-state index in [1.807, 2.05) is 0 Å². The van der Waals surface area contributed by atoms with Crippen LogP contribution in [0.4, 0.5) is 0 Å². The Morgan fingerprint density at radius 2 is 2.56 bits per heavy atom. The van der Waals surface area contributed by atoms with Crippen LogP contribution in [-0.4, -0.2) is 35.6 Å². The summed E-state index contributed by atoms with van der Waals surface area (Å²) in [5.41, 5.74) is 0. The van der Waals surface area contributed by atoms with E-state index in [0.717, 1.165) is 25.8 Å². The summed E-state index contributed by atoms with van der Waals surface area (Å²) in [6.45, 7) is 0.924. The quantitative estimate of drug-likeness (QED) is 0.515. The van der Waals surface area contributed by atoms with Gasteiger partial charge >= 0.3 is 0 Å². The summed E-state index contributed by atoms with van der Waals surface area (Å²) in [4.78, 5) is 11.8. The summed E-state index contributed by atoms with van der Waals surface area (Å²) in [5.74, 6) is 0. The van der Waals surface area contributed by atoms with Crippen LogP contribution in [0.25, 0.3) is 0 Å². The molecule has 0 spiro atoms. The second-order valence-corrected chi connectivity index (χ2v) is 2.32. The van der Waals surface area contributed by atoms with Crippen LogP contribution in [0.3, 0.4) is 0 Å². The lowest BCUT2D eigenvalue weighted by Gasteiger charge is -2.16. The number of amides is 1. The number of hydrogen-bond donors (Lipinski definition) is 1. The number of aliphatic hydroxyl groups is 1. The largest absolute Gasteiger partial charge is 0.394 e. The van der Waals surface area contributed by atoms with Gasteiger partial charge in [-0.3, -0.25) is 4.79 Å². The molecular formula is C6H11NO2. The van der Waals surface area contributed by atoms with Crippen LogP contribution in [0, 0.1) is 0 Å². The second-order valence-electron chi connectivity index (χ2n) is 2.32. The third-order valence-corrected chi connectivity index (χ3v) is 1.77. The molecule has 1 amide bonds. The molecule has 1 rings (SSSR count). The minimum atomic E-state index is 0.0995. The normalized spacial score (nSPS) is 26.8. The summed E-state index contributed by atoms with van der Waals surface area (Å²) in [6.07, 6.45) is 2.80. The van der Waals surface area contributed by atoms with Crippen molar-refractivity contribution < 1.29 is 9.90 Å². The molecule has 0 aliphatic carbocycles. The summed E-state index contributed by atoms with van der Waals surface area (Å²) >= 11 is 0. The molecule has 1 fully saturated rings. The van der Waals surface area contributed by atoms with E-state index in [1.165, 1.54) is 0 Å². The fourth-order valence-electron chi connectivity index (χ4n) is 1.19. The van der Waals surface area contributed by atoms with E-state index in [1.54, 1.807) is 4.90 Å². The van der Waals surface area contributed by atoms with E-state index in [9.17, 15) is 4.79 Å². The van der Waals surface area contributed by atoms with Crippen LogP contribution < -0.4 is 0 Å². The number of carbonyl (C=O) groups excluding carboxylic acids is 1. The first kappa shape index (κ1) is 6.55. The third kappa shape index (κ3) is 1.21. The molecule has 1 atom stereocenters. The van der Waals surface area contributed by atoms with Gasteiger partial charge < -0.3 is 10.0 Å². The second kappa shape index (κ2) is 2.82. The van der Waals surface area contributed by atoms with E-state index < -0.39 is 0 Å². The summed E-state index contributed by atoms with van der Waals surface area (Å²) < 4.78 is 0. The van der Waals surface area contributed by atoms with E-state index in [-0.39, 0.29) is 12.6 Å². The van der Waals surface area contributed by atoms with Gasteiger partial charge in [-0.1, -0.05) is 0 Å². The molecule has 1 N–H and O–H groups in total. The van der Waals surface area contributed by atoms with E-state index in [4.69, 9.17) is 5.11 Å². The van der Waals surface area contributed by atoms with Crippen molar-refractivity contribution in [3.63, 3.8) is 0 Å². The van der Waals surface area contributed by atoms with Crippen molar-refractivity contribution in [2.75, 3.05) is 13.2 Å². The number of carbonyl (C=O) groups is 1. The van der Waals surface area contributed by atoms with Crippen molar-refractivity contribution in [2.24, 2.45) is 0 Å². The Morgan fingerprint density at radius 1 is 1.78 bits per heavy atom. The predicted octanol–water partition coefficient (Wildman–Crippen LogP) is -0.401. The molecule has 0 saturated carbocycles. The molecule has 3 nitrogen and oxygen atoms in total. The maximum Gasteiger partial charge on any atom is 0.210 e. The van der Waals surface area contributed by atoms with Gasteiger partial charge in [0.2, 0.25) is 6.41 Å². The Balaban J connectivity index is 2.41. The van der Waals surface area contributed by atoms with Gasteiger partial charge in [0.05, 0.1) is 12.6 Å². The Labute approximate surface area is 54.3 Å². The first-order valence-electron chi connectivity index (χ1n) is 3.20. The molecule has 0 aromatic heterocycles. The summed E-state index contributed by atoms with van der Waals surface area (Å²) in [6, 6.07) is 0.0995. The van der Waals surface area contributed by atoms with Gasteiger partial charge in [-0.05, 0) is 12.8 Å². The van der Waals surface area contributed by atoms with Crippen molar-refractivity contribution in [1.29, 1.82) is 0 Å². The van der Waals surface area contributed by atoms with Crippen LogP contribution >= 0.6 is 0 Å². The first-order chi connectivity index (χ1) is 4.38. The maximum atomic E-state index is 10.2. The molecule has 0 aromatic rings. The third-order valence-electron chi connectivity index (χ3n) is 1.77. The zero-order valence-electron chi connectivity index (χ0n) is 5.29. The zero-order chi connectivity index (χ0) is 6.69. The van der Waals surface area contributed by atoms with Crippen LogP contribution in [0.5, 0.6) is 0 Å². The van der Waals surface area contributed by atoms with Crippen LogP contribution in [-0.2, 0) is 4.79 Å². The predicted molar refractivity (Wildman–Crippen MR) is 32.9 cm³/mol. The van der Waals surface area contributed by atoms with Gasteiger partial charge in [-0.25, -0.2) is 0 Å². The SMILES string of the molecule is O=CN1CCC[C@@H]1CO.